The lowest BCUT2D eigenvalue weighted by Gasteiger charge is -2.34. The lowest BCUT2D eigenvalue weighted by Crippen LogP contribution is -2.45. The summed E-state index contributed by atoms with van der Waals surface area (Å²) < 4.78 is 17.3. The molecule has 0 spiro atoms. The second-order valence-electron chi connectivity index (χ2n) is 9.47. The Bertz CT molecular complexity index is 1050. The van der Waals surface area contributed by atoms with Gasteiger partial charge in [0.15, 0.2) is 0 Å². The van der Waals surface area contributed by atoms with Gasteiger partial charge in [0.1, 0.15) is 30.0 Å². The first-order valence-electron chi connectivity index (χ1n) is 12.6. The molecule has 196 valence electrons. The summed E-state index contributed by atoms with van der Waals surface area (Å²) in [5.74, 6) is 1.36. The molecule has 0 saturated carbocycles. The number of aromatic hydroxyl groups is 1. The quantitative estimate of drug-likeness (QED) is 0.465. The van der Waals surface area contributed by atoms with E-state index in [0.717, 1.165) is 57.7 Å². The number of nitrogens with zero attached hydrogens (tertiary/aromatic N) is 3. The number of benzene rings is 1. The maximum absolute atomic E-state index is 12.9. The zero-order valence-electron chi connectivity index (χ0n) is 20.8. The van der Waals surface area contributed by atoms with Crippen molar-refractivity contribution in [3.05, 3.63) is 42.1 Å². The molecule has 1 aromatic carbocycles. The normalized spacial score (nSPS) is 18.6. The monoisotopic (exact) mass is 516 g/mol. The summed E-state index contributed by atoms with van der Waals surface area (Å²) in [5.41, 5.74) is 0.705. The first kappa shape index (κ1) is 26.4. The molecule has 0 radical (unpaired) electrons. The van der Waals surface area contributed by atoms with E-state index < -0.39 is 16.9 Å². The van der Waals surface area contributed by atoms with Gasteiger partial charge in [0.2, 0.25) is 0 Å². The lowest BCUT2D eigenvalue weighted by molar-refractivity contribution is 0.0724. The van der Waals surface area contributed by atoms with Crippen molar-refractivity contribution in [1.29, 1.82) is 0 Å². The SMILES string of the molecule is CS(=O)c1cc(OCC(O)CNC2CCN(c3cc(C(=O)N4CCCCC4)ccn3)CC2)ccc1O. The number of aromatic nitrogens is 1. The molecule has 10 heteroatoms. The largest absolute Gasteiger partial charge is 0.507 e. The van der Waals surface area contributed by atoms with Gasteiger partial charge in [0.25, 0.3) is 5.91 Å². The molecule has 36 heavy (non-hydrogen) atoms. The molecule has 9 nitrogen and oxygen atoms in total. The molecule has 2 unspecified atom stereocenters. The Morgan fingerprint density at radius 1 is 1.17 bits per heavy atom. The number of hydrogen-bond acceptors (Lipinski definition) is 8. The van der Waals surface area contributed by atoms with Crippen LogP contribution in [0.3, 0.4) is 0 Å². The number of piperidine rings is 2. The van der Waals surface area contributed by atoms with Crippen LogP contribution in [0.15, 0.2) is 41.4 Å². The van der Waals surface area contributed by atoms with Crippen LogP contribution in [0, 0.1) is 0 Å². The molecule has 2 aromatic rings. The van der Waals surface area contributed by atoms with Crippen molar-refractivity contribution in [3.63, 3.8) is 0 Å². The van der Waals surface area contributed by atoms with Crippen LogP contribution < -0.4 is 15.0 Å². The molecular weight excluding hydrogens is 480 g/mol. The molecule has 3 heterocycles. The zero-order valence-corrected chi connectivity index (χ0v) is 21.6. The number of pyridine rings is 1. The van der Waals surface area contributed by atoms with Crippen molar-refractivity contribution < 1.29 is 24.0 Å². The molecule has 3 N–H and O–H groups in total. The number of aliphatic hydroxyl groups is 1. The van der Waals surface area contributed by atoms with E-state index in [4.69, 9.17) is 4.74 Å². The number of likely N-dealkylation sites (tertiary alicyclic amines) is 1. The maximum atomic E-state index is 12.9. The number of phenols is 1. The third-order valence-corrected chi connectivity index (χ3v) is 7.73. The fourth-order valence-electron chi connectivity index (χ4n) is 4.69. The van der Waals surface area contributed by atoms with Crippen LogP contribution in [0.1, 0.15) is 42.5 Å². The molecule has 2 atom stereocenters. The number of anilines is 1. The number of nitrogens with one attached hydrogen (secondary N) is 1. The van der Waals surface area contributed by atoms with Crippen molar-refractivity contribution in [2.24, 2.45) is 0 Å². The van der Waals surface area contributed by atoms with E-state index >= 15 is 0 Å². The van der Waals surface area contributed by atoms with Crippen molar-refractivity contribution in [3.8, 4) is 11.5 Å². The highest BCUT2D eigenvalue weighted by atomic mass is 32.2. The van der Waals surface area contributed by atoms with Gasteiger partial charge >= 0.3 is 0 Å². The molecule has 1 aromatic heterocycles. The summed E-state index contributed by atoms with van der Waals surface area (Å²) in [6, 6.07) is 8.55. The summed E-state index contributed by atoms with van der Waals surface area (Å²) in [6.07, 6.45) is 7.67. The predicted octanol–water partition coefficient (Wildman–Crippen LogP) is 2.15. The Balaban J connectivity index is 1.21. The van der Waals surface area contributed by atoms with Crippen LogP contribution in [-0.4, -0.2) is 87.9 Å². The van der Waals surface area contributed by atoms with Crippen molar-refractivity contribution in [1.82, 2.24) is 15.2 Å². The third kappa shape index (κ3) is 6.96. The lowest BCUT2D eigenvalue weighted by atomic mass is 10.0. The number of rotatable bonds is 9. The van der Waals surface area contributed by atoms with E-state index in [9.17, 15) is 19.2 Å². The number of phenolic OH excluding ortho intramolecular Hbond substituents is 1. The van der Waals surface area contributed by atoms with Crippen molar-refractivity contribution in [2.75, 3.05) is 50.5 Å². The van der Waals surface area contributed by atoms with Gasteiger partial charge in [-0.1, -0.05) is 0 Å². The average Bonchev–Trinajstić information content (AvgIpc) is 2.91. The fraction of sp³-hybridized carbons (Fsp3) is 0.538. The van der Waals surface area contributed by atoms with Crippen molar-refractivity contribution in [2.45, 2.75) is 49.1 Å². The van der Waals surface area contributed by atoms with Crippen LogP contribution in [0.2, 0.25) is 0 Å². The van der Waals surface area contributed by atoms with Crippen LogP contribution in [0.25, 0.3) is 0 Å². The van der Waals surface area contributed by atoms with E-state index in [0.29, 0.717) is 22.8 Å². The summed E-state index contributed by atoms with van der Waals surface area (Å²) in [7, 11) is -1.33. The fourth-order valence-corrected chi connectivity index (χ4v) is 5.33. The van der Waals surface area contributed by atoms with Gasteiger partial charge in [-0.3, -0.25) is 9.00 Å². The topological polar surface area (TPSA) is 115 Å². The molecule has 1 amide bonds. The minimum Gasteiger partial charge on any atom is -0.507 e. The Morgan fingerprint density at radius 3 is 2.64 bits per heavy atom. The number of carbonyl (C=O) groups excluding carboxylic acids is 1. The Labute approximate surface area is 214 Å². The van der Waals surface area contributed by atoms with E-state index in [1.165, 1.54) is 24.8 Å². The summed E-state index contributed by atoms with van der Waals surface area (Å²) in [5, 5.41) is 23.5. The number of hydrogen-bond donors (Lipinski definition) is 3. The summed E-state index contributed by atoms with van der Waals surface area (Å²) >= 11 is 0. The second kappa shape index (κ2) is 12.5. The highest BCUT2D eigenvalue weighted by Gasteiger charge is 2.23. The number of ether oxygens (including phenoxy) is 1. The number of amides is 1. The maximum Gasteiger partial charge on any atom is 0.254 e. The van der Waals surface area contributed by atoms with Crippen LogP contribution in [-0.2, 0) is 10.8 Å². The standard InChI is InChI=1S/C26H36N4O5S/c1-36(34)24-16-22(5-6-23(24)32)35-18-21(31)17-28-20-8-13-29(14-9-20)25-15-19(7-10-27-25)26(33)30-11-3-2-4-12-30/h5-7,10,15-16,20-21,28,31-32H,2-4,8-9,11-14,17-18H2,1H3. The highest BCUT2D eigenvalue weighted by molar-refractivity contribution is 7.84. The Hall–Kier alpha value is -2.69. The first-order chi connectivity index (χ1) is 17.4. The first-order valence-corrected chi connectivity index (χ1v) is 14.2. The predicted molar refractivity (Wildman–Crippen MR) is 139 cm³/mol. The van der Waals surface area contributed by atoms with Gasteiger partial charge < -0.3 is 30.1 Å². The van der Waals surface area contributed by atoms with Crippen LogP contribution in [0.5, 0.6) is 11.5 Å². The summed E-state index contributed by atoms with van der Waals surface area (Å²) in [4.78, 5) is 21.8. The Kier molecular flexibility index (Phi) is 9.17. The third-order valence-electron chi connectivity index (χ3n) is 6.78. The van der Waals surface area contributed by atoms with Gasteiger partial charge in [0, 0.05) is 56.8 Å². The number of aliphatic hydroxyl groups excluding tert-OH is 1. The van der Waals surface area contributed by atoms with Crippen molar-refractivity contribution >= 4 is 22.5 Å². The minimum absolute atomic E-state index is 0.0349. The van der Waals surface area contributed by atoms with Gasteiger partial charge in [-0.2, -0.15) is 0 Å². The molecule has 0 bridgehead atoms. The molecule has 2 fully saturated rings. The van der Waals surface area contributed by atoms with E-state index in [1.807, 2.05) is 11.0 Å². The minimum atomic E-state index is -1.33. The molecule has 2 saturated heterocycles. The van der Waals surface area contributed by atoms with E-state index in [-0.39, 0.29) is 24.3 Å². The van der Waals surface area contributed by atoms with Gasteiger partial charge in [-0.05, 0) is 62.4 Å². The Morgan fingerprint density at radius 2 is 1.92 bits per heavy atom. The van der Waals surface area contributed by atoms with E-state index in [2.05, 4.69) is 15.2 Å². The number of carbonyl (C=O) groups is 1. The second-order valence-corrected chi connectivity index (χ2v) is 10.8. The van der Waals surface area contributed by atoms with Crippen LogP contribution in [0.4, 0.5) is 5.82 Å². The zero-order chi connectivity index (χ0) is 25.5. The highest BCUT2D eigenvalue weighted by Crippen LogP contribution is 2.26. The molecule has 0 aliphatic carbocycles. The molecular formula is C26H36N4O5S. The van der Waals surface area contributed by atoms with Gasteiger partial charge in [0.05, 0.1) is 15.7 Å². The van der Waals surface area contributed by atoms with Crippen LogP contribution >= 0.6 is 0 Å². The summed E-state index contributed by atoms with van der Waals surface area (Å²) in [6.45, 7) is 3.80. The average molecular weight is 517 g/mol. The van der Waals surface area contributed by atoms with Gasteiger partial charge in [-0.25, -0.2) is 4.98 Å². The van der Waals surface area contributed by atoms with E-state index in [1.54, 1.807) is 18.3 Å². The van der Waals surface area contributed by atoms with Gasteiger partial charge in [-0.15, -0.1) is 0 Å². The molecule has 4 rings (SSSR count). The molecule has 2 aliphatic heterocycles. The smallest absolute Gasteiger partial charge is 0.254 e. The molecule has 2 aliphatic rings.